The summed E-state index contributed by atoms with van der Waals surface area (Å²) in [6.07, 6.45) is 2.78. The summed E-state index contributed by atoms with van der Waals surface area (Å²) in [7, 11) is -3.58. The number of benzene rings is 2. The lowest BCUT2D eigenvalue weighted by Gasteiger charge is -2.25. The number of aryl methyl sites for hydroxylation is 2. The summed E-state index contributed by atoms with van der Waals surface area (Å²) >= 11 is 0. The molecule has 1 amide bonds. The molecule has 1 unspecified atom stereocenters. The minimum atomic E-state index is -3.58. The molecule has 2 aromatic rings. The van der Waals surface area contributed by atoms with Gasteiger partial charge in [0.05, 0.1) is 10.8 Å². The highest BCUT2D eigenvalue weighted by Crippen LogP contribution is 2.33. The van der Waals surface area contributed by atoms with Gasteiger partial charge in [0.15, 0.2) is 0 Å². The maximum Gasteiger partial charge on any atom is 0.243 e. The third-order valence-electron chi connectivity index (χ3n) is 5.46. The van der Waals surface area contributed by atoms with Crippen LogP contribution in [0.25, 0.3) is 0 Å². The molecule has 0 saturated heterocycles. The molecule has 1 atom stereocenters. The highest BCUT2D eigenvalue weighted by Gasteiger charge is 2.27. The Kier molecular flexibility index (Phi) is 6.20. The average molecular weight is 401 g/mol. The molecule has 0 saturated carbocycles. The van der Waals surface area contributed by atoms with Gasteiger partial charge in [-0.2, -0.15) is 4.31 Å². The predicted molar refractivity (Wildman–Crippen MR) is 112 cm³/mol. The van der Waals surface area contributed by atoms with Crippen LogP contribution in [-0.2, 0) is 21.2 Å². The van der Waals surface area contributed by atoms with Crippen LogP contribution >= 0.6 is 0 Å². The number of carbonyl (C=O) groups excluding carboxylic acids is 1. The van der Waals surface area contributed by atoms with E-state index in [9.17, 15) is 13.2 Å². The Morgan fingerprint density at radius 3 is 2.57 bits per heavy atom. The van der Waals surface area contributed by atoms with Crippen molar-refractivity contribution in [2.45, 2.75) is 50.8 Å². The zero-order valence-electron chi connectivity index (χ0n) is 16.7. The summed E-state index contributed by atoms with van der Waals surface area (Å²) in [6, 6.07) is 13.2. The number of carbonyl (C=O) groups is 1. The van der Waals surface area contributed by atoms with Gasteiger partial charge < -0.3 is 5.32 Å². The molecule has 0 fully saturated rings. The van der Waals surface area contributed by atoms with Gasteiger partial charge in [-0.15, -0.1) is 0 Å². The molecule has 150 valence electrons. The number of nitrogens with one attached hydrogen (secondary N) is 1. The van der Waals surface area contributed by atoms with Gasteiger partial charge in [-0.1, -0.05) is 44.2 Å². The molecule has 1 N–H and O–H groups in total. The Labute approximate surface area is 167 Å². The Bertz CT molecular complexity index is 965. The summed E-state index contributed by atoms with van der Waals surface area (Å²) in [4.78, 5) is 13.2. The quantitative estimate of drug-likeness (QED) is 0.794. The standard InChI is InChI=1S/C22H28N2O3S/c1-4-24(5-2)28(26,27)21-15-18(14-13-16(21)3)23-22(25)20-12-8-10-17-9-6-7-11-19(17)20/h6-7,9,11,13-15,20H,4-5,8,10,12H2,1-3H3,(H,23,25). The number of hydrogen-bond acceptors (Lipinski definition) is 3. The number of hydrogen-bond donors (Lipinski definition) is 1. The zero-order chi connectivity index (χ0) is 20.3. The van der Waals surface area contributed by atoms with Gasteiger partial charge in [0.2, 0.25) is 15.9 Å². The monoisotopic (exact) mass is 400 g/mol. The lowest BCUT2D eigenvalue weighted by Crippen LogP contribution is -2.31. The van der Waals surface area contributed by atoms with Crippen molar-refractivity contribution < 1.29 is 13.2 Å². The van der Waals surface area contributed by atoms with Crippen LogP contribution in [0.2, 0.25) is 0 Å². The van der Waals surface area contributed by atoms with Crippen molar-refractivity contribution in [3.8, 4) is 0 Å². The Balaban J connectivity index is 1.87. The smallest absolute Gasteiger partial charge is 0.243 e. The first-order valence-electron chi connectivity index (χ1n) is 9.88. The topological polar surface area (TPSA) is 66.5 Å². The van der Waals surface area contributed by atoms with Crippen LogP contribution in [0.1, 0.15) is 49.3 Å². The summed E-state index contributed by atoms with van der Waals surface area (Å²) < 4.78 is 27.3. The normalized spacial score (nSPS) is 16.6. The Morgan fingerprint density at radius 1 is 1.14 bits per heavy atom. The van der Waals surface area contributed by atoms with Crippen molar-refractivity contribution in [2.75, 3.05) is 18.4 Å². The van der Waals surface area contributed by atoms with E-state index in [-0.39, 0.29) is 16.7 Å². The molecule has 6 heteroatoms. The summed E-state index contributed by atoms with van der Waals surface area (Å²) in [5, 5.41) is 2.95. The molecular formula is C22H28N2O3S. The van der Waals surface area contributed by atoms with Crippen LogP contribution in [0.15, 0.2) is 47.4 Å². The van der Waals surface area contributed by atoms with E-state index in [4.69, 9.17) is 0 Å². The lowest BCUT2D eigenvalue weighted by atomic mass is 9.82. The van der Waals surface area contributed by atoms with Crippen LogP contribution in [0.4, 0.5) is 5.69 Å². The van der Waals surface area contributed by atoms with E-state index in [0.29, 0.717) is 24.3 Å². The predicted octanol–water partition coefficient (Wildman–Crippen LogP) is 4.08. The molecule has 0 aliphatic heterocycles. The SMILES string of the molecule is CCN(CC)S(=O)(=O)c1cc(NC(=O)C2CCCc3ccccc32)ccc1C. The first-order chi connectivity index (χ1) is 13.4. The maximum atomic E-state index is 13.0. The molecule has 0 radical (unpaired) electrons. The van der Waals surface area contributed by atoms with E-state index in [1.54, 1.807) is 25.1 Å². The van der Waals surface area contributed by atoms with Crippen molar-refractivity contribution in [1.29, 1.82) is 0 Å². The Morgan fingerprint density at radius 2 is 1.86 bits per heavy atom. The second-order valence-electron chi connectivity index (χ2n) is 7.20. The highest BCUT2D eigenvalue weighted by atomic mass is 32.2. The van der Waals surface area contributed by atoms with Gasteiger partial charge in [-0.3, -0.25) is 4.79 Å². The molecule has 5 nitrogen and oxygen atoms in total. The molecular weight excluding hydrogens is 372 g/mol. The molecule has 0 aromatic heterocycles. The minimum absolute atomic E-state index is 0.0813. The van der Waals surface area contributed by atoms with Crippen molar-refractivity contribution in [2.24, 2.45) is 0 Å². The van der Waals surface area contributed by atoms with Gasteiger partial charge in [0, 0.05) is 18.8 Å². The van der Waals surface area contributed by atoms with E-state index in [1.165, 1.54) is 9.87 Å². The van der Waals surface area contributed by atoms with Gasteiger partial charge >= 0.3 is 0 Å². The van der Waals surface area contributed by atoms with Gasteiger partial charge in [0.25, 0.3) is 0 Å². The van der Waals surface area contributed by atoms with E-state index in [0.717, 1.165) is 24.8 Å². The molecule has 28 heavy (non-hydrogen) atoms. The lowest BCUT2D eigenvalue weighted by molar-refractivity contribution is -0.117. The van der Waals surface area contributed by atoms with Crippen molar-refractivity contribution in [3.63, 3.8) is 0 Å². The van der Waals surface area contributed by atoms with Gasteiger partial charge in [-0.25, -0.2) is 8.42 Å². The molecule has 1 aliphatic rings. The molecule has 0 heterocycles. The van der Waals surface area contributed by atoms with E-state index < -0.39 is 10.0 Å². The van der Waals surface area contributed by atoms with E-state index in [1.807, 2.05) is 32.0 Å². The number of anilines is 1. The first-order valence-corrected chi connectivity index (χ1v) is 11.3. The summed E-state index contributed by atoms with van der Waals surface area (Å²) in [5.74, 6) is -0.281. The van der Waals surface area contributed by atoms with Gasteiger partial charge in [-0.05, 0) is 55.0 Å². The number of rotatable bonds is 6. The molecule has 1 aliphatic carbocycles. The van der Waals surface area contributed by atoms with Crippen LogP contribution in [-0.4, -0.2) is 31.7 Å². The fraction of sp³-hybridized carbons (Fsp3) is 0.409. The molecule has 0 spiro atoms. The molecule has 0 bridgehead atoms. The second kappa shape index (κ2) is 8.45. The van der Waals surface area contributed by atoms with Gasteiger partial charge in [0.1, 0.15) is 0 Å². The third kappa shape index (κ3) is 3.98. The molecule has 2 aromatic carbocycles. The van der Waals surface area contributed by atoms with E-state index in [2.05, 4.69) is 11.4 Å². The second-order valence-corrected chi connectivity index (χ2v) is 9.11. The fourth-order valence-electron chi connectivity index (χ4n) is 3.91. The van der Waals surface area contributed by atoms with Crippen LogP contribution < -0.4 is 5.32 Å². The average Bonchev–Trinajstić information content (AvgIpc) is 2.69. The van der Waals surface area contributed by atoms with Crippen LogP contribution in [0, 0.1) is 6.92 Å². The first kappa shape index (κ1) is 20.6. The maximum absolute atomic E-state index is 13.0. The van der Waals surface area contributed by atoms with Crippen molar-refractivity contribution >= 4 is 21.6 Å². The zero-order valence-corrected chi connectivity index (χ0v) is 17.6. The number of amides is 1. The molecule has 3 rings (SSSR count). The van der Waals surface area contributed by atoms with Crippen molar-refractivity contribution in [3.05, 3.63) is 59.2 Å². The van der Waals surface area contributed by atoms with Crippen molar-refractivity contribution in [1.82, 2.24) is 4.31 Å². The highest BCUT2D eigenvalue weighted by molar-refractivity contribution is 7.89. The van der Waals surface area contributed by atoms with Crippen LogP contribution in [0.3, 0.4) is 0 Å². The Hall–Kier alpha value is -2.18. The van der Waals surface area contributed by atoms with Crippen LogP contribution in [0.5, 0.6) is 0 Å². The summed E-state index contributed by atoms with van der Waals surface area (Å²) in [5.41, 5.74) is 3.49. The largest absolute Gasteiger partial charge is 0.326 e. The number of sulfonamides is 1. The third-order valence-corrected chi connectivity index (χ3v) is 7.66. The summed E-state index contributed by atoms with van der Waals surface area (Å²) in [6.45, 7) is 6.24. The minimum Gasteiger partial charge on any atom is -0.326 e. The number of nitrogens with zero attached hydrogens (tertiary/aromatic N) is 1. The van der Waals surface area contributed by atoms with E-state index >= 15 is 0 Å². The fourth-order valence-corrected chi connectivity index (χ4v) is 5.62. The number of fused-ring (bicyclic) bond motifs is 1.